The molecule has 0 saturated heterocycles. The average molecular weight is 250 g/mol. The molecule has 18 heavy (non-hydrogen) atoms. The molecule has 1 rings (SSSR count). The number of hydrogen-bond acceptors (Lipinski definition) is 3. The van der Waals surface area contributed by atoms with Crippen molar-refractivity contribution in [3.8, 4) is 5.75 Å². The first-order valence-corrected chi connectivity index (χ1v) is 6.24. The Morgan fingerprint density at radius 3 is 2.56 bits per heavy atom. The van der Waals surface area contributed by atoms with E-state index in [1.807, 2.05) is 0 Å². The topological polar surface area (TPSA) is 64.3 Å². The van der Waals surface area contributed by atoms with Gasteiger partial charge in [0.2, 0.25) is 0 Å². The lowest BCUT2D eigenvalue weighted by molar-refractivity contribution is 0.0924. The summed E-state index contributed by atoms with van der Waals surface area (Å²) in [5.41, 5.74) is 6.82. The summed E-state index contributed by atoms with van der Waals surface area (Å²) in [6.07, 6.45) is 0.912. The molecule has 0 bridgehead atoms. The minimum Gasteiger partial charge on any atom is -0.495 e. The Bertz CT molecular complexity index is 416. The van der Waals surface area contributed by atoms with Crippen LogP contribution in [0.15, 0.2) is 18.2 Å². The highest BCUT2D eigenvalue weighted by atomic mass is 16.5. The van der Waals surface area contributed by atoms with E-state index in [0.717, 1.165) is 6.42 Å². The van der Waals surface area contributed by atoms with Gasteiger partial charge < -0.3 is 15.8 Å². The van der Waals surface area contributed by atoms with Crippen LogP contribution < -0.4 is 15.8 Å². The molecule has 1 amide bonds. The molecule has 0 aliphatic carbocycles. The summed E-state index contributed by atoms with van der Waals surface area (Å²) in [5.74, 6) is 0.905. The normalized spacial score (nSPS) is 12.3. The van der Waals surface area contributed by atoms with E-state index in [1.54, 1.807) is 25.3 Å². The van der Waals surface area contributed by atoms with Crippen molar-refractivity contribution < 1.29 is 9.53 Å². The SMILES string of the molecule is CCC(NC(=O)c1ccc(OC)c(N)c1)C(C)C. The van der Waals surface area contributed by atoms with Crippen LogP contribution in [0.1, 0.15) is 37.6 Å². The Labute approximate surface area is 109 Å². The fourth-order valence-electron chi connectivity index (χ4n) is 1.87. The maximum Gasteiger partial charge on any atom is 0.251 e. The van der Waals surface area contributed by atoms with Gasteiger partial charge in [0.25, 0.3) is 5.91 Å². The maximum absolute atomic E-state index is 12.1. The number of anilines is 1. The number of rotatable bonds is 5. The number of hydrogen-bond donors (Lipinski definition) is 2. The van der Waals surface area contributed by atoms with Crippen molar-refractivity contribution in [3.05, 3.63) is 23.8 Å². The third-order valence-corrected chi connectivity index (χ3v) is 3.05. The van der Waals surface area contributed by atoms with Gasteiger partial charge in [0.1, 0.15) is 5.75 Å². The van der Waals surface area contributed by atoms with Crippen molar-refractivity contribution in [3.63, 3.8) is 0 Å². The summed E-state index contributed by atoms with van der Waals surface area (Å²) in [5, 5.41) is 3.01. The number of ether oxygens (including phenoxy) is 1. The molecule has 0 saturated carbocycles. The van der Waals surface area contributed by atoms with E-state index < -0.39 is 0 Å². The molecule has 4 heteroatoms. The number of benzene rings is 1. The van der Waals surface area contributed by atoms with Gasteiger partial charge in [-0.1, -0.05) is 20.8 Å². The van der Waals surface area contributed by atoms with Crippen molar-refractivity contribution in [1.29, 1.82) is 0 Å². The lowest BCUT2D eigenvalue weighted by Gasteiger charge is -2.20. The molecular formula is C14H22N2O2. The largest absolute Gasteiger partial charge is 0.495 e. The van der Waals surface area contributed by atoms with Crippen LogP contribution in [-0.2, 0) is 0 Å². The van der Waals surface area contributed by atoms with E-state index in [0.29, 0.717) is 22.9 Å². The van der Waals surface area contributed by atoms with Crippen molar-refractivity contribution in [2.75, 3.05) is 12.8 Å². The summed E-state index contributed by atoms with van der Waals surface area (Å²) in [6, 6.07) is 5.25. The van der Waals surface area contributed by atoms with E-state index in [-0.39, 0.29) is 11.9 Å². The average Bonchev–Trinajstić information content (AvgIpc) is 2.35. The maximum atomic E-state index is 12.1. The monoisotopic (exact) mass is 250 g/mol. The highest BCUT2D eigenvalue weighted by Crippen LogP contribution is 2.22. The molecule has 0 spiro atoms. The number of nitrogens with one attached hydrogen (secondary N) is 1. The first-order valence-electron chi connectivity index (χ1n) is 6.24. The van der Waals surface area contributed by atoms with Crippen LogP contribution in [0.2, 0.25) is 0 Å². The molecule has 0 radical (unpaired) electrons. The minimum absolute atomic E-state index is 0.0927. The highest BCUT2D eigenvalue weighted by Gasteiger charge is 2.15. The molecule has 1 aromatic rings. The zero-order valence-corrected chi connectivity index (χ0v) is 11.5. The second-order valence-electron chi connectivity index (χ2n) is 4.69. The van der Waals surface area contributed by atoms with Gasteiger partial charge in [-0.3, -0.25) is 4.79 Å². The zero-order valence-electron chi connectivity index (χ0n) is 11.5. The molecule has 0 aromatic heterocycles. The second-order valence-corrected chi connectivity index (χ2v) is 4.69. The van der Waals surface area contributed by atoms with E-state index in [2.05, 4.69) is 26.1 Å². The third-order valence-electron chi connectivity index (χ3n) is 3.05. The quantitative estimate of drug-likeness (QED) is 0.789. The Kier molecular flexibility index (Phi) is 5.01. The summed E-state index contributed by atoms with van der Waals surface area (Å²) < 4.78 is 5.06. The van der Waals surface area contributed by atoms with Crippen LogP contribution in [0.5, 0.6) is 5.75 Å². The lowest BCUT2D eigenvalue weighted by atomic mass is 10.0. The Morgan fingerprint density at radius 1 is 1.44 bits per heavy atom. The van der Waals surface area contributed by atoms with E-state index in [9.17, 15) is 4.79 Å². The van der Waals surface area contributed by atoms with E-state index in [1.165, 1.54) is 0 Å². The van der Waals surface area contributed by atoms with Crippen LogP contribution in [0, 0.1) is 5.92 Å². The number of carbonyl (C=O) groups excluding carboxylic acids is 1. The summed E-state index contributed by atoms with van der Waals surface area (Å²) >= 11 is 0. The third kappa shape index (κ3) is 3.39. The van der Waals surface area contributed by atoms with Crippen LogP contribution in [-0.4, -0.2) is 19.1 Å². The summed E-state index contributed by atoms with van der Waals surface area (Å²) in [7, 11) is 1.55. The van der Waals surface area contributed by atoms with Gasteiger partial charge >= 0.3 is 0 Å². The van der Waals surface area contributed by atoms with Gasteiger partial charge in [-0.2, -0.15) is 0 Å². The van der Waals surface area contributed by atoms with E-state index >= 15 is 0 Å². The summed E-state index contributed by atoms with van der Waals surface area (Å²) in [6.45, 7) is 6.25. The molecule has 0 heterocycles. The predicted molar refractivity (Wildman–Crippen MR) is 73.8 cm³/mol. The van der Waals surface area contributed by atoms with Crippen LogP contribution in [0.3, 0.4) is 0 Å². The van der Waals surface area contributed by atoms with Crippen molar-refractivity contribution >= 4 is 11.6 Å². The Balaban J connectivity index is 2.81. The first kappa shape index (κ1) is 14.4. The molecule has 0 fully saturated rings. The Morgan fingerprint density at radius 2 is 2.11 bits per heavy atom. The Hall–Kier alpha value is -1.71. The van der Waals surface area contributed by atoms with Gasteiger partial charge in [-0.25, -0.2) is 0 Å². The molecule has 1 aromatic carbocycles. The molecule has 100 valence electrons. The van der Waals surface area contributed by atoms with Gasteiger partial charge in [0.05, 0.1) is 12.8 Å². The minimum atomic E-state index is -0.0927. The molecule has 4 nitrogen and oxygen atoms in total. The van der Waals surface area contributed by atoms with Gasteiger partial charge in [-0.15, -0.1) is 0 Å². The van der Waals surface area contributed by atoms with Crippen molar-refractivity contribution in [2.24, 2.45) is 5.92 Å². The number of amides is 1. The number of nitrogen functional groups attached to an aromatic ring is 1. The second kappa shape index (κ2) is 6.28. The first-order chi connectivity index (χ1) is 8.49. The van der Waals surface area contributed by atoms with Crippen LogP contribution in [0.25, 0.3) is 0 Å². The lowest BCUT2D eigenvalue weighted by Crippen LogP contribution is -2.38. The number of carbonyl (C=O) groups is 1. The smallest absolute Gasteiger partial charge is 0.251 e. The fourth-order valence-corrected chi connectivity index (χ4v) is 1.87. The fraction of sp³-hybridized carbons (Fsp3) is 0.500. The summed E-state index contributed by atoms with van der Waals surface area (Å²) in [4.78, 5) is 12.1. The van der Waals surface area contributed by atoms with Crippen molar-refractivity contribution in [2.45, 2.75) is 33.2 Å². The molecule has 3 N–H and O–H groups in total. The van der Waals surface area contributed by atoms with Crippen LogP contribution in [0.4, 0.5) is 5.69 Å². The standard InChI is InChI=1S/C14H22N2O2/c1-5-12(9(2)3)16-14(17)10-6-7-13(18-4)11(15)8-10/h6-9,12H,5,15H2,1-4H3,(H,16,17). The number of nitrogens with two attached hydrogens (primary N) is 1. The zero-order chi connectivity index (χ0) is 13.7. The molecular weight excluding hydrogens is 228 g/mol. The molecule has 1 unspecified atom stereocenters. The van der Waals surface area contributed by atoms with Crippen molar-refractivity contribution in [1.82, 2.24) is 5.32 Å². The van der Waals surface area contributed by atoms with Gasteiger partial charge in [0.15, 0.2) is 0 Å². The predicted octanol–water partition coefficient (Wildman–Crippen LogP) is 2.44. The van der Waals surface area contributed by atoms with Gasteiger partial charge in [0, 0.05) is 11.6 Å². The van der Waals surface area contributed by atoms with Gasteiger partial charge in [-0.05, 0) is 30.5 Å². The molecule has 1 atom stereocenters. The van der Waals surface area contributed by atoms with E-state index in [4.69, 9.17) is 10.5 Å². The molecule has 0 aliphatic heterocycles. The molecule has 0 aliphatic rings. The number of methoxy groups -OCH3 is 1. The highest BCUT2D eigenvalue weighted by molar-refractivity contribution is 5.95. The van der Waals surface area contributed by atoms with Crippen LogP contribution >= 0.6 is 0 Å².